The van der Waals surface area contributed by atoms with Crippen molar-refractivity contribution < 1.29 is 19.4 Å². The van der Waals surface area contributed by atoms with Crippen LogP contribution in [0.3, 0.4) is 0 Å². The lowest BCUT2D eigenvalue weighted by atomic mass is 10.1. The molecule has 0 saturated carbocycles. The molecule has 0 radical (unpaired) electrons. The number of nitrogens with one attached hydrogen (secondary N) is 2. The van der Waals surface area contributed by atoms with Crippen LogP contribution in [0.5, 0.6) is 0 Å². The fourth-order valence-corrected chi connectivity index (χ4v) is 4.73. The Morgan fingerprint density at radius 1 is 1.24 bits per heavy atom. The van der Waals surface area contributed by atoms with Gasteiger partial charge in [0.2, 0.25) is 0 Å². The van der Waals surface area contributed by atoms with Crippen LogP contribution >= 0.6 is 23.2 Å². The van der Waals surface area contributed by atoms with Gasteiger partial charge in [-0.1, -0.05) is 35.3 Å². The molecule has 3 heterocycles. The Kier molecular flexibility index (Phi) is 8.26. The third-order valence-corrected chi connectivity index (χ3v) is 6.74. The number of anilines is 1. The van der Waals surface area contributed by atoms with Gasteiger partial charge in [-0.05, 0) is 43.0 Å². The number of aromatic nitrogens is 1. The Morgan fingerprint density at radius 2 is 2.00 bits per heavy atom. The maximum atomic E-state index is 12.5. The number of fused-ring (bicyclic) bond motifs is 1. The van der Waals surface area contributed by atoms with E-state index < -0.39 is 17.9 Å². The van der Waals surface area contributed by atoms with E-state index in [9.17, 15) is 14.7 Å². The zero-order chi connectivity index (χ0) is 24.1. The minimum absolute atomic E-state index is 0.0821. The van der Waals surface area contributed by atoms with Crippen LogP contribution in [0.2, 0.25) is 10.0 Å². The normalized spacial score (nSPS) is 16.8. The van der Waals surface area contributed by atoms with Crippen molar-refractivity contribution in [1.29, 1.82) is 0 Å². The zero-order valence-corrected chi connectivity index (χ0v) is 20.2. The third kappa shape index (κ3) is 6.18. The third-order valence-electron chi connectivity index (χ3n) is 6.11. The van der Waals surface area contributed by atoms with Crippen molar-refractivity contribution in [2.75, 3.05) is 38.1 Å². The van der Waals surface area contributed by atoms with E-state index in [1.54, 1.807) is 6.07 Å². The molecule has 1 amide bonds. The summed E-state index contributed by atoms with van der Waals surface area (Å²) in [6.45, 7) is 3.56. The van der Waals surface area contributed by atoms with Gasteiger partial charge in [0.1, 0.15) is 11.9 Å². The number of rotatable bonds is 10. The minimum atomic E-state index is -1.10. The summed E-state index contributed by atoms with van der Waals surface area (Å²) in [5.41, 5.74) is 2.37. The summed E-state index contributed by atoms with van der Waals surface area (Å²) in [6.07, 6.45) is 3.36. The predicted molar refractivity (Wildman–Crippen MR) is 131 cm³/mol. The smallest absolute Gasteiger partial charge is 0.326 e. The van der Waals surface area contributed by atoms with Gasteiger partial charge in [0.05, 0.1) is 28.3 Å². The van der Waals surface area contributed by atoms with Gasteiger partial charge in [0.15, 0.2) is 0 Å². The van der Waals surface area contributed by atoms with Crippen LogP contribution in [0.4, 0.5) is 5.82 Å². The number of nitrogens with zero attached hydrogens (tertiary/aromatic N) is 2. The lowest BCUT2D eigenvalue weighted by molar-refractivity contribution is -0.139. The number of amides is 1. The van der Waals surface area contributed by atoms with Gasteiger partial charge >= 0.3 is 5.97 Å². The van der Waals surface area contributed by atoms with Gasteiger partial charge in [0, 0.05) is 38.3 Å². The summed E-state index contributed by atoms with van der Waals surface area (Å²) in [5.74, 6) is -0.703. The lowest BCUT2D eigenvalue weighted by Gasteiger charge is -2.39. The van der Waals surface area contributed by atoms with Crippen molar-refractivity contribution in [1.82, 2.24) is 15.2 Å². The number of halogens is 2. The topological polar surface area (TPSA) is 104 Å². The van der Waals surface area contributed by atoms with Crippen LogP contribution in [0.25, 0.3) is 0 Å². The van der Waals surface area contributed by atoms with Gasteiger partial charge in [-0.2, -0.15) is 0 Å². The number of ether oxygens (including phenoxy) is 1. The van der Waals surface area contributed by atoms with Crippen molar-refractivity contribution in [3.63, 3.8) is 0 Å². The molecule has 4 rings (SSSR count). The molecule has 182 valence electrons. The highest BCUT2D eigenvalue weighted by atomic mass is 35.5. The summed E-state index contributed by atoms with van der Waals surface area (Å²) in [7, 11) is 0. The molecule has 2 aromatic rings. The quantitative estimate of drug-likeness (QED) is 0.454. The maximum Gasteiger partial charge on any atom is 0.326 e. The van der Waals surface area contributed by atoms with E-state index in [0.29, 0.717) is 13.2 Å². The van der Waals surface area contributed by atoms with E-state index in [1.807, 2.05) is 0 Å². The molecular formula is C24H28Cl2N4O4. The molecule has 0 bridgehead atoms. The van der Waals surface area contributed by atoms with E-state index in [0.717, 1.165) is 50.4 Å². The molecule has 1 aromatic carbocycles. The number of benzene rings is 1. The minimum Gasteiger partial charge on any atom is -0.480 e. The number of hydrogen-bond donors (Lipinski definition) is 3. The first-order valence-corrected chi connectivity index (χ1v) is 12.2. The summed E-state index contributed by atoms with van der Waals surface area (Å²) in [4.78, 5) is 31.0. The van der Waals surface area contributed by atoms with E-state index in [2.05, 4.69) is 32.7 Å². The molecule has 2 aliphatic heterocycles. The highest BCUT2D eigenvalue weighted by Gasteiger charge is 2.30. The number of hydrogen-bond acceptors (Lipinski definition) is 6. The molecule has 0 unspecified atom stereocenters. The summed E-state index contributed by atoms with van der Waals surface area (Å²) >= 11 is 12.1. The maximum absolute atomic E-state index is 12.5. The second-order valence-electron chi connectivity index (χ2n) is 8.59. The average Bonchev–Trinajstić information content (AvgIpc) is 2.78. The Morgan fingerprint density at radius 3 is 2.74 bits per heavy atom. The fraction of sp³-hybridized carbons (Fsp3) is 0.458. The summed E-state index contributed by atoms with van der Waals surface area (Å²) < 4.78 is 5.94. The summed E-state index contributed by atoms with van der Waals surface area (Å²) in [5, 5.41) is 15.8. The molecular weight excluding hydrogens is 479 g/mol. The van der Waals surface area contributed by atoms with Crippen LogP contribution in [0.1, 0.15) is 34.5 Å². The van der Waals surface area contributed by atoms with E-state index >= 15 is 0 Å². The highest BCUT2D eigenvalue weighted by molar-refractivity contribution is 6.39. The first kappa shape index (κ1) is 24.7. The number of carbonyl (C=O) groups excluding carboxylic acids is 1. The monoisotopic (exact) mass is 506 g/mol. The number of aliphatic carboxylic acids is 1. The number of aryl methyl sites for hydroxylation is 1. The van der Waals surface area contributed by atoms with Gasteiger partial charge < -0.3 is 20.5 Å². The molecule has 10 heteroatoms. The molecule has 0 spiro atoms. The Hall–Kier alpha value is -2.39. The van der Waals surface area contributed by atoms with Crippen molar-refractivity contribution in [2.45, 2.75) is 37.8 Å². The van der Waals surface area contributed by atoms with Crippen molar-refractivity contribution >= 4 is 40.9 Å². The standard InChI is InChI=1S/C24H28Cl2N4O4/c25-18-4-1-5-19(26)21(18)23(31)29-20(24(32)33)8-11-30-13-17(14-30)34-12-9-16-7-6-15-3-2-10-27-22(15)28-16/h1,4-7,17,20H,2-3,8-14H2,(H,27,28)(H,29,31)(H,32,33)/t20-/m0/s1. The van der Waals surface area contributed by atoms with E-state index in [1.165, 1.54) is 17.7 Å². The van der Waals surface area contributed by atoms with E-state index in [-0.39, 0.29) is 28.1 Å². The van der Waals surface area contributed by atoms with Crippen LogP contribution in [-0.2, 0) is 22.4 Å². The molecule has 0 aliphatic carbocycles. The van der Waals surface area contributed by atoms with Crippen LogP contribution in [0.15, 0.2) is 30.3 Å². The Labute approximate surface area is 208 Å². The number of likely N-dealkylation sites (tertiary alicyclic amines) is 1. The first-order valence-electron chi connectivity index (χ1n) is 11.4. The van der Waals surface area contributed by atoms with Crippen LogP contribution in [0, 0.1) is 0 Å². The molecule has 2 aliphatic rings. The highest BCUT2D eigenvalue weighted by Crippen LogP contribution is 2.24. The molecule has 1 fully saturated rings. The molecule has 8 nitrogen and oxygen atoms in total. The van der Waals surface area contributed by atoms with Crippen molar-refractivity contribution in [3.8, 4) is 0 Å². The van der Waals surface area contributed by atoms with Gasteiger partial charge in [-0.3, -0.25) is 9.69 Å². The number of carboxylic acid groups (broad SMARTS) is 1. The largest absolute Gasteiger partial charge is 0.480 e. The van der Waals surface area contributed by atoms with Crippen LogP contribution < -0.4 is 10.6 Å². The van der Waals surface area contributed by atoms with Crippen LogP contribution in [-0.4, -0.2) is 71.8 Å². The van der Waals surface area contributed by atoms with Crippen molar-refractivity contribution in [2.24, 2.45) is 0 Å². The number of carboxylic acids is 1. The first-order chi connectivity index (χ1) is 16.4. The van der Waals surface area contributed by atoms with Gasteiger partial charge in [-0.15, -0.1) is 0 Å². The molecule has 3 N–H and O–H groups in total. The Balaban J connectivity index is 1.17. The average molecular weight is 507 g/mol. The van der Waals surface area contributed by atoms with E-state index in [4.69, 9.17) is 27.9 Å². The fourth-order valence-electron chi connectivity index (χ4n) is 4.16. The second kappa shape index (κ2) is 11.4. The zero-order valence-electron chi connectivity index (χ0n) is 18.7. The van der Waals surface area contributed by atoms with Gasteiger partial charge in [-0.25, -0.2) is 9.78 Å². The number of pyridine rings is 1. The predicted octanol–water partition coefficient (Wildman–Crippen LogP) is 3.26. The second-order valence-corrected chi connectivity index (χ2v) is 9.41. The molecule has 1 saturated heterocycles. The molecule has 34 heavy (non-hydrogen) atoms. The lowest BCUT2D eigenvalue weighted by Crippen LogP contribution is -2.54. The Bertz CT molecular complexity index is 1030. The molecule has 1 atom stereocenters. The van der Waals surface area contributed by atoms with Gasteiger partial charge in [0.25, 0.3) is 5.91 Å². The SMILES string of the molecule is O=C(N[C@@H](CCN1CC(OCCc2ccc3c(n2)NCCC3)C1)C(=O)O)c1c(Cl)cccc1Cl. The van der Waals surface area contributed by atoms with Crippen molar-refractivity contribution in [3.05, 3.63) is 57.2 Å². The molecule has 1 aromatic heterocycles. The summed E-state index contributed by atoms with van der Waals surface area (Å²) in [6, 6.07) is 7.88. The number of carbonyl (C=O) groups is 2.